The van der Waals surface area contributed by atoms with E-state index in [9.17, 15) is 5.11 Å². The third-order valence-electron chi connectivity index (χ3n) is 4.66. The highest BCUT2D eigenvalue weighted by atomic mass is 16.5. The summed E-state index contributed by atoms with van der Waals surface area (Å²) in [6.45, 7) is 4.74. The van der Waals surface area contributed by atoms with Crippen LogP contribution in [0.4, 0.5) is 0 Å². The fourth-order valence-electron chi connectivity index (χ4n) is 2.93. The number of aliphatic hydroxyl groups is 1. The van der Waals surface area contributed by atoms with Crippen molar-refractivity contribution in [2.24, 2.45) is 0 Å². The number of hydrogen-bond donors (Lipinski definition) is 2. The van der Waals surface area contributed by atoms with Crippen molar-refractivity contribution in [1.29, 1.82) is 0 Å². The van der Waals surface area contributed by atoms with Crippen LogP contribution in [0.25, 0.3) is 0 Å². The molecule has 2 N–H and O–H groups in total. The van der Waals surface area contributed by atoms with E-state index >= 15 is 0 Å². The Bertz CT molecular complexity index is 441. The van der Waals surface area contributed by atoms with Gasteiger partial charge < -0.3 is 15.2 Å². The summed E-state index contributed by atoms with van der Waals surface area (Å²) in [6, 6.07) is 6.69. The van der Waals surface area contributed by atoms with Crippen molar-refractivity contribution in [2.45, 2.75) is 57.6 Å². The Morgan fingerprint density at radius 2 is 2.10 bits per heavy atom. The Balaban J connectivity index is 2.11. The Morgan fingerprint density at radius 3 is 2.75 bits per heavy atom. The Morgan fingerprint density at radius 1 is 1.35 bits per heavy atom. The van der Waals surface area contributed by atoms with Gasteiger partial charge in [-0.25, -0.2) is 0 Å². The molecule has 112 valence electrons. The molecule has 20 heavy (non-hydrogen) atoms. The summed E-state index contributed by atoms with van der Waals surface area (Å²) in [5, 5.41) is 14.0. The van der Waals surface area contributed by atoms with Gasteiger partial charge in [0, 0.05) is 12.6 Å². The summed E-state index contributed by atoms with van der Waals surface area (Å²) in [4.78, 5) is 0. The molecule has 1 aromatic rings. The lowest BCUT2D eigenvalue weighted by Crippen LogP contribution is -2.41. The van der Waals surface area contributed by atoms with Crippen LogP contribution in [0.3, 0.4) is 0 Å². The average Bonchev–Trinajstić information content (AvgIpc) is 2.52. The van der Waals surface area contributed by atoms with Gasteiger partial charge in [0.15, 0.2) is 0 Å². The standard InChI is InChI=1S/C17H27NO2/c1-4-17(19,5-2)12-18-16-8-6-7-13-9-10-14(20-3)11-15(13)16/h9-11,16,18-19H,4-8,12H2,1-3H3. The minimum absolute atomic E-state index is 0.332. The van der Waals surface area contributed by atoms with Crippen LogP contribution in [0.1, 0.15) is 56.7 Å². The van der Waals surface area contributed by atoms with Gasteiger partial charge in [0.05, 0.1) is 12.7 Å². The summed E-state index contributed by atoms with van der Waals surface area (Å²) in [7, 11) is 1.71. The molecule has 0 heterocycles. The minimum atomic E-state index is -0.587. The normalized spacial score (nSPS) is 18.7. The zero-order valence-corrected chi connectivity index (χ0v) is 12.9. The van der Waals surface area contributed by atoms with Crippen LogP contribution in [0.2, 0.25) is 0 Å². The molecule has 0 bridgehead atoms. The van der Waals surface area contributed by atoms with Gasteiger partial charge in [-0.2, -0.15) is 0 Å². The number of rotatable bonds is 6. The molecule has 1 aliphatic carbocycles. The van der Waals surface area contributed by atoms with E-state index in [-0.39, 0.29) is 0 Å². The maximum Gasteiger partial charge on any atom is 0.119 e. The molecule has 2 rings (SSSR count). The highest BCUT2D eigenvalue weighted by Crippen LogP contribution is 2.32. The molecule has 0 aromatic heterocycles. The van der Waals surface area contributed by atoms with Crippen molar-refractivity contribution < 1.29 is 9.84 Å². The van der Waals surface area contributed by atoms with Gasteiger partial charge in [0.1, 0.15) is 5.75 Å². The first-order valence-corrected chi connectivity index (χ1v) is 7.74. The SMILES string of the molecule is CCC(O)(CC)CNC1CCCc2ccc(OC)cc21. The molecule has 1 aromatic carbocycles. The molecule has 3 heteroatoms. The van der Waals surface area contributed by atoms with Gasteiger partial charge in [-0.1, -0.05) is 19.9 Å². The van der Waals surface area contributed by atoms with Gasteiger partial charge in [-0.3, -0.25) is 0 Å². The number of methoxy groups -OCH3 is 1. The fraction of sp³-hybridized carbons (Fsp3) is 0.647. The van der Waals surface area contributed by atoms with Crippen LogP contribution in [0.5, 0.6) is 5.75 Å². The van der Waals surface area contributed by atoms with Crippen molar-refractivity contribution in [2.75, 3.05) is 13.7 Å². The highest BCUT2D eigenvalue weighted by Gasteiger charge is 2.26. The van der Waals surface area contributed by atoms with E-state index in [2.05, 4.69) is 17.4 Å². The summed E-state index contributed by atoms with van der Waals surface area (Å²) >= 11 is 0. The van der Waals surface area contributed by atoms with Crippen LogP contribution in [-0.2, 0) is 6.42 Å². The lowest BCUT2D eigenvalue weighted by atomic mass is 9.86. The number of fused-ring (bicyclic) bond motifs is 1. The first-order valence-electron chi connectivity index (χ1n) is 7.74. The van der Waals surface area contributed by atoms with Crippen molar-refractivity contribution in [3.05, 3.63) is 29.3 Å². The van der Waals surface area contributed by atoms with Crippen LogP contribution in [0, 0.1) is 0 Å². The van der Waals surface area contributed by atoms with E-state index in [0.29, 0.717) is 12.6 Å². The Hall–Kier alpha value is -1.06. The maximum atomic E-state index is 10.4. The largest absolute Gasteiger partial charge is 0.497 e. The van der Waals surface area contributed by atoms with E-state index in [1.807, 2.05) is 19.9 Å². The summed E-state index contributed by atoms with van der Waals surface area (Å²) in [6.07, 6.45) is 5.04. The van der Waals surface area contributed by atoms with Crippen LogP contribution >= 0.6 is 0 Å². The van der Waals surface area contributed by atoms with Gasteiger partial charge in [-0.15, -0.1) is 0 Å². The topological polar surface area (TPSA) is 41.5 Å². The molecular formula is C17H27NO2. The van der Waals surface area contributed by atoms with Crippen molar-refractivity contribution in [3.8, 4) is 5.75 Å². The lowest BCUT2D eigenvalue weighted by Gasteiger charge is -2.32. The smallest absolute Gasteiger partial charge is 0.119 e. The maximum absolute atomic E-state index is 10.4. The van der Waals surface area contributed by atoms with Gasteiger partial charge in [-0.05, 0) is 55.4 Å². The Kier molecular flexibility index (Phi) is 5.06. The van der Waals surface area contributed by atoms with E-state index in [4.69, 9.17) is 4.74 Å². The van der Waals surface area contributed by atoms with Crippen molar-refractivity contribution >= 4 is 0 Å². The quantitative estimate of drug-likeness (QED) is 0.839. The summed E-state index contributed by atoms with van der Waals surface area (Å²) < 4.78 is 5.34. The molecule has 3 nitrogen and oxygen atoms in total. The lowest BCUT2D eigenvalue weighted by molar-refractivity contribution is 0.0292. The average molecular weight is 277 g/mol. The molecular weight excluding hydrogens is 250 g/mol. The van der Waals surface area contributed by atoms with E-state index < -0.39 is 5.60 Å². The molecule has 0 amide bonds. The summed E-state index contributed by atoms with van der Waals surface area (Å²) in [5.74, 6) is 0.915. The zero-order valence-electron chi connectivity index (χ0n) is 12.9. The molecule has 1 unspecified atom stereocenters. The van der Waals surface area contributed by atoms with E-state index in [1.54, 1.807) is 7.11 Å². The molecule has 0 fully saturated rings. The predicted molar refractivity (Wildman–Crippen MR) is 82.2 cm³/mol. The predicted octanol–water partition coefficient (Wildman–Crippen LogP) is 3.21. The van der Waals surface area contributed by atoms with Crippen molar-refractivity contribution in [1.82, 2.24) is 5.32 Å². The summed E-state index contributed by atoms with van der Waals surface area (Å²) in [5.41, 5.74) is 2.16. The Labute approximate surface area is 122 Å². The number of nitrogens with one attached hydrogen (secondary N) is 1. The van der Waals surface area contributed by atoms with Crippen molar-refractivity contribution in [3.63, 3.8) is 0 Å². The molecule has 1 atom stereocenters. The highest BCUT2D eigenvalue weighted by molar-refractivity contribution is 5.39. The number of ether oxygens (including phenoxy) is 1. The fourth-order valence-corrected chi connectivity index (χ4v) is 2.93. The first kappa shape index (κ1) is 15.3. The molecule has 1 aliphatic rings. The second kappa shape index (κ2) is 6.59. The number of hydrogen-bond acceptors (Lipinski definition) is 3. The molecule has 0 saturated heterocycles. The third-order valence-corrected chi connectivity index (χ3v) is 4.66. The second-order valence-corrected chi connectivity index (χ2v) is 5.82. The monoisotopic (exact) mass is 277 g/mol. The molecule has 0 aliphatic heterocycles. The van der Waals surface area contributed by atoms with Gasteiger partial charge in [0.25, 0.3) is 0 Å². The molecule has 0 radical (unpaired) electrons. The molecule has 0 spiro atoms. The first-order chi connectivity index (χ1) is 9.61. The van der Waals surface area contributed by atoms with Crippen LogP contribution in [-0.4, -0.2) is 24.4 Å². The third kappa shape index (κ3) is 3.33. The van der Waals surface area contributed by atoms with Gasteiger partial charge in [0.2, 0.25) is 0 Å². The van der Waals surface area contributed by atoms with E-state index in [1.165, 1.54) is 17.5 Å². The van der Waals surface area contributed by atoms with Crippen LogP contribution < -0.4 is 10.1 Å². The van der Waals surface area contributed by atoms with E-state index in [0.717, 1.165) is 31.4 Å². The van der Waals surface area contributed by atoms with Crippen LogP contribution in [0.15, 0.2) is 18.2 Å². The molecule has 0 saturated carbocycles. The number of aryl methyl sites for hydroxylation is 1. The minimum Gasteiger partial charge on any atom is -0.497 e. The van der Waals surface area contributed by atoms with Gasteiger partial charge >= 0.3 is 0 Å². The number of benzene rings is 1. The zero-order chi connectivity index (χ0) is 14.6. The second-order valence-electron chi connectivity index (χ2n) is 5.82.